The lowest BCUT2D eigenvalue weighted by molar-refractivity contribution is -0.121. The van der Waals surface area contributed by atoms with E-state index in [-0.39, 0.29) is 23.4 Å². The number of hydrogen-bond donors (Lipinski definition) is 2. The second kappa shape index (κ2) is 26.8. The number of piperazine rings is 1. The molecule has 3 amide bonds. The van der Waals surface area contributed by atoms with Crippen molar-refractivity contribution in [2.45, 2.75) is 129 Å². The molecule has 8 rings (SSSR count). The van der Waals surface area contributed by atoms with E-state index in [2.05, 4.69) is 97.3 Å². The molecule has 80 heavy (non-hydrogen) atoms. The van der Waals surface area contributed by atoms with Crippen molar-refractivity contribution in [3.05, 3.63) is 151 Å². The van der Waals surface area contributed by atoms with E-state index in [1.807, 2.05) is 103 Å². The normalized spacial score (nSPS) is 18.0. The summed E-state index contributed by atoms with van der Waals surface area (Å²) in [4.78, 5) is 49.7. The minimum absolute atomic E-state index is 0.0285. The maximum Gasteiger partial charge on any atom is 0.326 e. The van der Waals surface area contributed by atoms with Crippen LogP contribution in [-0.2, 0) is 21.3 Å². The maximum atomic E-state index is 15.5. The molecular weight excluding hydrogens is 1110 g/mol. The van der Waals surface area contributed by atoms with Crippen LogP contribution in [0.3, 0.4) is 0 Å². The van der Waals surface area contributed by atoms with Crippen molar-refractivity contribution >= 4 is 73.6 Å². The number of anilines is 1. The zero-order valence-electron chi connectivity index (χ0n) is 48.1. The van der Waals surface area contributed by atoms with Crippen LogP contribution in [0.25, 0.3) is 10.9 Å². The molecule has 0 saturated carbocycles. The lowest BCUT2D eigenvalue weighted by Crippen LogP contribution is -2.60. The average molecular weight is 1190 g/mol. The number of unbranched alkanes of at least 4 members (excludes halogenated alkanes) is 6. The Bertz CT molecular complexity index is 3130. The zero-order valence-corrected chi connectivity index (χ0v) is 51.2. The van der Waals surface area contributed by atoms with Gasteiger partial charge in [-0.1, -0.05) is 134 Å². The first-order valence-corrected chi connectivity index (χ1v) is 29.9. The summed E-state index contributed by atoms with van der Waals surface area (Å²) in [5.41, 5.74) is 3.48. The van der Waals surface area contributed by atoms with E-state index >= 15 is 4.79 Å². The van der Waals surface area contributed by atoms with Gasteiger partial charge in [0.25, 0.3) is 0 Å². The number of hydrogen-bond acceptors (Lipinski definition) is 10. The first kappa shape index (κ1) is 60.2. The van der Waals surface area contributed by atoms with Crippen molar-refractivity contribution < 1.29 is 23.8 Å². The van der Waals surface area contributed by atoms with Gasteiger partial charge < -0.3 is 29.7 Å². The van der Waals surface area contributed by atoms with E-state index in [0.29, 0.717) is 97.9 Å². The number of halogens is 3. The number of benzene rings is 5. The summed E-state index contributed by atoms with van der Waals surface area (Å²) in [6.07, 6.45) is 7.80. The minimum atomic E-state index is -1.02. The lowest BCUT2D eigenvalue weighted by Gasteiger charge is -2.47. The quantitative estimate of drug-likeness (QED) is 0.0602. The number of nitrogens with zero attached hydrogens (tertiary/aromatic N) is 6. The van der Waals surface area contributed by atoms with Crippen molar-refractivity contribution in [3.63, 3.8) is 0 Å². The number of amidine groups is 1. The number of aliphatic imine (C=N–C) groups is 1. The number of carbonyl (C=O) groups is 2. The van der Waals surface area contributed by atoms with Gasteiger partial charge in [0.05, 0.1) is 37.4 Å². The molecule has 0 unspecified atom stereocenters. The fourth-order valence-corrected chi connectivity index (χ4v) is 11.6. The number of ether oxygens (including phenoxy) is 3. The molecule has 2 aliphatic rings. The van der Waals surface area contributed by atoms with Gasteiger partial charge in [0.1, 0.15) is 34.3 Å². The van der Waals surface area contributed by atoms with E-state index in [1.165, 1.54) is 0 Å². The summed E-state index contributed by atoms with van der Waals surface area (Å²) in [5.74, 6) is 4.02. The number of nitrogens with one attached hydrogen (secondary N) is 2. The predicted octanol–water partition coefficient (Wildman–Crippen LogP) is 14.8. The number of methoxy groups -OCH3 is 1. The monoisotopic (exact) mass is 1190 g/mol. The second-order valence-corrected chi connectivity index (χ2v) is 24.2. The molecule has 0 radical (unpaired) electrons. The molecule has 0 aliphatic carbocycles. The van der Waals surface area contributed by atoms with Gasteiger partial charge in [-0.05, 0) is 130 Å². The molecule has 5 aromatic carbocycles. The molecule has 1 saturated heterocycles. The second-order valence-electron chi connectivity index (χ2n) is 22.4. The standard InChI is InChI=1S/C64H79BrCl2N8O5/c1-10-79-55-40-48(62(4,5)6)25-30-52(55)60-72-63(7,46-21-26-50(66)27-22-46)64(8,47-23-28-51(67)29-24-47)75(60)61(77)74-36-34-73(35-37-74)33-31-58(76)68-32-16-14-12-11-13-15-17-38-80-57-42-54-53(41-56(57)78-9)59(71-44(3)70-54)69-43(2)45-19-18-20-49(65)39-45/h18-30,39-43H,10-17,31-38H2,1-9H3,(H,68,76)(H,69,70,71)/t43-,63+,64-/m1/s1. The molecule has 426 valence electrons. The van der Waals surface area contributed by atoms with Crippen molar-refractivity contribution in [1.29, 1.82) is 0 Å². The zero-order chi connectivity index (χ0) is 57.2. The third-order valence-corrected chi connectivity index (χ3v) is 16.8. The van der Waals surface area contributed by atoms with Crippen LogP contribution in [0.4, 0.5) is 10.6 Å². The van der Waals surface area contributed by atoms with Crippen LogP contribution in [0.2, 0.25) is 10.0 Å². The van der Waals surface area contributed by atoms with Crippen LogP contribution >= 0.6 is 39.1 Å². The van der Waals surface area contributed by atoms with Gasteiger partial charge in [0.2, 0.25) is 5.91 Å². The summed E-state index contributed by atoms with van der Waals surface area (Å²) in [6.45, 7) is 21.3. The fourth-order valence-electron chi connectivity index (χ4n) is 10.9. The third kappa shape index (κ3) is 14.0. The average Bonchev–Trinajstić information content (AvgIpc) is 3.72. The minimum Gasteiger partial charge on any atom is -0.493 e. The van der Waals surface area contributed by atoms with Crippen molar-refractivity contribution in [2.75, 3.05) is 64.9 Å². The highest BCUT2D eigenvalue weighted by Crippen LogP contribution is 2.54. The summed E-state index contributed by atoms with van der Waals surface area (Å²) in [5, 5.41) is 8.81. The number of fused-ring (bicyclic) bond motifs is 1. The number of rotatable bonds is 23. The van der Waals surface area contributed by atoms with Crippen LogP contribution in [-0.4, -0.2) is 102 Å². The van der Waals surface area contributed by atoms with Crippen LogP contribution in [0, 0.1) is 6.92 Å². The SMILES string of the molecule is CCOc1cc(C(C)(C)C)ccc1C1=N[C@@](C)(c2ccc(Cl)cc2)[C@@](C)(c2ccc(Cl)cc2)N1C(=O)N1CCN(CCC(=O)NCCCCCCCCCOc2cc3nc(C)nc(N[C@H](C)c4cccc(Br)c4)c3cc2OC)CC1. The Labute approximate surface area is 492 Å². The van der Waals surface area contributed by atoms with Crippen LogP contribution < -0.4 is 24.8 Å². The molecular formula is C64H79BrCl2N8O5. The molecule has 2 N–H and O–H groups in total. The van der Waals surface area contributed by atoms with Gasteiger partial charge in [-0.3, -0.25) is 19.6 Å². The van der Waals surface area contributed by atoms with E-state index in [9.17, 15) is 4.79 Å². The topological polar surface area (TPSA) is 134 Å². The maximum absolute atomic E-state index is 15.5. The van der Waals surface area contributed by atoms with E-state index in [1.54, 1.807) is 7.11 Å². The summed E-state index contributed by atoms with van der Waals surface area (Å²) in [6, 6.07) is 33.8. The predicted molar refractivity (Wildman–Crippen MR) is 328 cm³/mol. The largest absolute Gasteiger partial charge is 0.493 e. The van der Waals surface area contributed by atoms with E-state index in [4.69, 9.17) is 52.4 Å². The van der Waals surface area contributed by atoms with Crippen molar-refractivity contribution in [3.8, 4) is 17.2 Å². The Morgan fingerprint density at radius 1 is 0.775 bits per heavy atom. The van der Waals surface area contributed by atoms with Gasteiger partial charge in [0.15, 0.2) is 11.5 Å². The van der Waals surface area contributed by atoms with Crippen LogP contribution in [0.15, 0.2) is 113 Å². The fraction of sp³-hybridized carbons (Fsp3) is 0.453. The summed E-state index contributed by atoms with van der Waals surface area (Å²) < 4.78 is 19.4. The number of amides is 3. The highest BCUT2D eigenvalue weighted by molar-refractivity contribution is 9.10. The van der Waals surface area contributed by atoms with Gasteiger partial charge >= 0.3 is 6.03 Å². The molecule has 1 fully saturated rings. The third-order valence-electron chi connectivity index (χ3n) is 15.8. The van der Waals surface area contributed by atoms with E-state index < -0.39 is 11.1 Å². The lowest BCUT2D eigenvalue weighted by atomic mass is 9.71. The van der Waals surface area contributed by atoms with Gasteiger partial charge in [-0.2, -0.15) is 0 Å². The highest BCUT2D eigenvalue weighted by Gasteiger charge is 2.60. The smallest absolute Gasteiger partial charge is 0.326 e. The molecule has 0 spiro atoms. The Kier molecular flexibility index (Phi) is 20.1. The number of carbonyl (C=O) groups excluding carboxylic acids is 2. The Morgan fingerprint density at radius 2 is 1.44 bits per heavy atom. The Balaban J connectivity index is 0.791. The number of aryl methyl sites for hydroxylation is 1. The van der Waals surface area contributed by atoms with Gasteiger partial charge in [-0.25, -0.2) is 14.8 Å². The van der Waals surface area contributed by atoms with Crippen molar-refractivity contribution in [2.24, 2.45) is 4.99 Å². The van der Waals surface area contributed by atoms with Crippen LogP contribution in [0.5, 0.6) is 17.2 Å². The van der Waals surface area contributed by atoms with Gasteiger partial charge in [0, 0.05) is 71.7 Å². The highest BCUT2D eigenvalue weighted by atomic mass is 79.9. The summed E-state index contributed by atoms with van der Waals surface area (Å²) in [7, 11) is 1.66. The molecule has 6 aromatic rings. The Hall–Kier alpha value is -5.93. The molecule has 2 aliphatic heterocycles. The molecule has 16 heteroatoms. The van der Waals surface area contributed by atoms with Crippen molar-refractivity contribution in [1.82, 2.24) is 30.0 Å². The first-order chi connectivity index (χ1) is 38.3. The number of urea groups is 1. The molecule has 13 nitrogen and oxygen atoms in total. The van der Waals surface area contributed by atoms with E-state index in [0.717, 1.165) is 94.0 Å². The molecule has 0 bridgehead atoms. The Morgan fingerprint density at radius 3 is 2.09 bits per heavy atom. The molecule has 3 heterocycles. The number of aromatic nitrogens is 2. The van der Waals surface area contributed by atoms with Crippen LogP contribution in [0.1, 0.15) is 140 Å². The first-order valence-electron chi connectivity index (χ1n) is 28.3. The molecule has 3 atom stereocenters. The molecule has 1 aromatic heterocycles. The summed E-state index contributed by atoms with van der Waals surface area (Å²) >= 11 is 16.6. The van der Waals surface area contributed by atoms with Gasteiger partial charge in [-0.15, -0.1) is 0 Å².